The molecule has 0 aromatic heterocycles. The van der Waals surface area contributed by atoms with E-state index in [1.807, 2.05) is 11.8 Å². The highest BCUT2D eigenvalue weighted by molar-refractivity contribution is 8.00. The van der Waals surface area contributed by atoms with Crippen LogP contribution in [-0.2, 0) is 0 Å². The number of thioether (sulfide) groups is 1. The number of hydrogen-bond donors (Lipinski definition) is 3. The molecule has 1 fully saturated rings. The van der Waals surface area contributed by atoms with Crippen LogP contribution in [0, 0.1) is 0 Å². The van der Waals surface area contributed by atoms with E-state index in [-0.39, 0.29) is 5.54 Å². The van der Waals surface area contributed by atoms with Gasteiger partial charge >= 0.3 is 0 Å². The molecule has 0 spiro atoms. The monoisotopic (exact) mass is 232 g/mol. The number of rotatable bonds is 7. The van der Waals surface area contributed by atoms with E-state index in [9.17, 15) is 0 Å². The smallest absolute Gasteiger partial charge is 0.0431 e. The van der Waals surface area contributed by atoms with Crippen LogP contribution in [0.25, 0.3) is 0 Å². The summed E-state index contributed by atoms with van der Waals surface area (Å²) in [5, 5.41) is 12.9. The maximum absolute atomic E-state index is 8.67. The van der Waals surface area contributed by atoms with E-state index < -0.39 is 0 Å². The van der Waals surface area contributed by atoms with Gasteiger partial charge in [0, 0.05) is 23.9 Å². The molecule has 15 heavy (non-hydrogen) atoms. The zero-order valence-corrected chi connectivity index (χ0v) is 10.5. The van der Waals surface area contributed by atoms with Gasteiger partial charge in [0.15, 0.2) is 0 Å². The maximum Gasteiger partial charge on any atom is 0.0431 e. The Morgan fingerprint density at radius 3 is 2.80 bits per heavy atom. The number of aliphatic hydroxyl groups excluding tert-OH is 1. The molecule has 0 aromatic carbocycles. The van der Waals surface area contributed by atoms with Crippen molar-refractivity contribution < 1.29 is 5.11 Å². The fourth-order valence-electron chi connectivity index (χ4n) is 2.10. The molecular formula is C11H24N2OS. The van der Waals surface area contributed by atoms with Crippen molar-refractivity contribution in [3.8, 4) is 0 Å². The number of unbranched alkanes of at least 4 members (excludes halogenated alkanes) is 2. The predicted octanol–water partition coefficient (Wildman–Crippen LogP) is 0.961. The lowest BCUT2D eigenvalue weighted by Crippen LogP contribution is -2.55. The summed E-state index contributed by atoms with van der Waals surface area (Å²) in [7, 11) is 0. The predicted molar refractivity (Wildman–Crippen MR) is 67.3 cm³/mol. The van der Waals surface area contributed by atoms with Gasteiger partial charge < -0.3 is 16.2 Å². The molecule has 3 nitrogen and oxygen atoms in total. The van der Waals surface area contributed by atoms with E-state index >= 15 is 0 Å². The molecule has 2 atom stereocenters. The lowest BCUT2D eigenvalue weighted by atomic mass is 9.92. The maximum atomic E-state index is 8.67. The van der Waals surface area contributed by atoms with Gasteiger partial charge in [-0.15, -0.1) is 0 Å². The molecular weight excluding hydrogens is 208 g/mol. The molecule has 0 radical (unpaired) electrons. The Hall–Kier alpha value is 0.230. The first-order chi connectivity index (χ1) is 7.25. The van der Waals surface area contributed by atoms with E-state index in [2.05, 4.69) is 12.2 Å². The number of aliphatic hydroxyl groups is 1. The van der Waals surface area contributed by atoms with Gasteiger partial charge in [-0.3, -0.25) is 0 Å². The second-order valence-electron chi connectivity index (χ2n) is 4.33. The van der Waals surface area contributed by atoms with Crippen LogP contribution >= 0.6 is 11.8 Å². The summed E-state index contributed by atoms with van der Waals surface area (Å²) in [5.74, 6) is 1.22. The molecule has 1 aliphatic rings. The van der Waals surface area contributed by atoms with Crippen molar-refractivity contribution in [1.82, 2.24) is 5.32 Å². The minimum Gasteiger partial charge on any atom is -0.396 e. The van der Waals surface area contributed by atoms with Crippen molar-refractivity contribution in [3.63, 3.8) is 0 Å². The van der Waals surface area contributed by atoms with Gasteiger partial charge in [0.2, 0.25) is 0 Å². The third-order valence-electron chi connectivity index (χ3n) is 3.37. The SMILES string of the molecule is CC1SCCC1(CN)NCCCCCO. The van der Waals surface area contributed by atoms with E-state index in [0.717, 1.165) is 32.4 Å². The van der Waals surface area contributed by atoms with Crippen LogP contribution in [0.2, 0.25) is 0 Å². The average Bonchev–Trinajstić information content (AvgIpc) is 2.61. The number of nitrogens with one attached hydrogen (secondary N) is 1. The van der Waals surface area contributed by atoms with Crippen LogP contribution in [-0.4, -0.2) is 41.3 Å². The Bertz CT molecular complexity index is 180. The first kappa shape index (κ1) is 13.3. The molecule has 0 bridgehead atoms. The Morgan fingerprint density at radius 1 is 1.47 bits per heavy atom. The molecule has 1 aliphatic heterocycles. The van der Waals surface area contributed by atoms with E-state index in [4.69, 9.17) is 10.8 Å². The van der Waals surface area contributed by atoms with E-state index in [1.165, 1.54) is 12.2 Å². The van der Waals surface area contributed by atoms with Gasteiger partial charge in [-0.05, 0) is 38.0 Å². The number of nitrogens with two attached hydrogens (primary N) is 1. The highest BCUT2D eigenvalue weighted by Crippen LogP contribution is 2.34. The fourth-order valence-corrected chi connectivity index (χ4v) is 3.56. The second-order valence-corrected chi connectivity index (χ2v) is 5.78. The summed E-state index contributed by atoms with van der Waals surface area (Å²) >= 11 is 2.01. The van der Waals surface area contributed by atoms with E-state index in [0.29, 0.717) is 11.9 Å². The fraction of sp³-hybridized carbons (Fsp3) is 1.00. The molecule has 4 heteroatoms. The third-order valence-corrected chi connectivity index (χ3v) is 4.76. The standard InChI is InChI=1S/C11H24N2OS/c1-10-11(9-12,5-8-15-10)13-6-3-2-4-7-14/h10,13-14H,2-9,12H2,1H3. The van der Waals surface area contributed by atoms with Crippen LogP contribution in [0.1, 0.15) is 32.6 Å². The Kier molecular flexibility index (Phi) is 5.97. The molecule has 1 heterocycles. The first-order valence-electron chi connectivity index (χ1n) is 5.93. The average molecular weight is 232 g/mol. The van der Waals surface area contributed by atoms with Crippen LogP contribution in [0.4, 0.5) is 0 Å². The summed E-state index contributed by atoms with van der Waals surface area (Å²) in [6, 6.07) is 0. The van der Waals surface area contributed by atoms with Gasteiger partial charge in [0.1, 0.15) is 0 Å². The Balaban J connectivity index is 2.22. The van der Waals surface area contributed by atoms with Crippen molar-refractivity contribution in [2.24, 2.45) is 5.73 Å². The van der Waals surface area contributed by atoms with Crippen LogP contribution < -0.4 is 11.1 Å². The van der Waals surface area contributed by atoms with Gasteiger partial charge in [0.05, 0.1) is 0 Å². The summed E-state index contributed by atoms with van der Waals surface area (Å²) in [6.07, 6.45) is 4.35. The zero-order chi connectivity index (χ0) is 11.1. The van der Waals surface area contributed by atoms with Crippen molar-refractivity contribution in [3.05, 3.63) is 0 Å². The number of hydrogen-bond acceptors (Lipinski definition) is 4. The van der Waals surface area contributed by atoms with Crippen molar-refractivity contribution in [1.29, 1.82) is 0 Å². The minimum atomic E-state index is 0.171. The molecule has 0 amide bonds. The van der Waals surface area contributed by atoms with Crippen molar-refractivity contribution in [2.45, 2.75) is 43.4 Å². The summed E-state index contributed by atoms with van der Waals surface area (Å²) < 4.78 is 0. The lowest BCUT2D eigenvalue weighted by molar-refractivity contribution is 0.279. The van der Waals surface area contributed by atoms with Gasteiger partial charge in [-0.25, -0.2) is 0 Å². The molecule has 0 aromatic rings. The molecule has 0 saturated carbocycles. The lowest BCUT2D eigenvalue weighted by Gasteiger charge is -2.33. The zero-order valence-electron chi connectivity index (χ0n) is 9.67. The van der Waals surface area contributed by atoms with Crippen molar-refractivity contribution >= 4 is 11.8 Å². The van der Waals surface area contributed by atoms with Gasteiger partial charge in [0.25, 0.3) is 0 Å². The topological polar surface area (TPSA) is 58.3 Å². The second kappa shape index (κ2) is 6.74. The molecule has 1 rings (SSSR count). The van der Waals surface area contributed by atoms with Gasteiger partial charge in [-0.1, -0.05) is 6.92 Å². The summed E-state index contributed by atoms with van der Waals surface area (Å²) in [6.45, 7) is 4.35. The van der Waals surface area contributed by atoms with Gasteiger partial charge in [-0.2, -0.15) is 11.8 Å². The Morgan fingerprint density at radius 2 is 2.27 bits per heavy atom. The highest BCUT2D eigenvalue weighted by Gasteiger charge is 2.38. The van der Waals surface area contributed by atoms with Crippen LogP contribution in [0.5, 0.6) is 0 Å². The summed E-state index contributed by atoms with van der Waals surface area (Å²) in [4.78, 5) is 0. The highest BCUT2D eigenvalue weighted by atomic mass is 32.2. The normalized spacial score (nSPS) is 31.0. The van der Waals surface area contributed by atoms with E-state index in [1.54, 1.807) is 0 Å². The first-order valence-corrected chi connectivity index (χ1v) is 6.97. The summed E-state index contributed by atoms with van der Waals surface area (Å²) in [5.41, 5.74) is 6.05. The largest absolute Gasteiger partial charge is 0.396 e. The minimum absolute atomic E-state index is 0.171. The molecule has 90 valence electrons. The van der Waals surface area contributed by atoms with Crippen LogP contribution in [0.15, 0.2) is 0 Å². The molecule has 2 unspecified atom stereocenters. The Labute approximate surface area is 97.2 Å². The molecule has 1 saturated heterocycles. The third kappa shape index (κ3) is 3.63. The molecule has 0 aliphatic carbocycles. The van der Waals surface area contributed by atoms with Crippen molar-refractivity contribution in [2.75, 3.05) is 25.4 Å². The van der Waals surface area contributed by atoms with Crippen LogP contribution in [0.3, 0.4) is 0 Å². The molecule has 4 N–H and O–H groups in total. The quantitative estimate of drug-likeness (QED) is 0.572.